The molecule has 1 heterocycles. The molecule has 0 bridgehead atoms. The van der Waals surface area contributed by atoms with Crippen molar-refractivity contribution in [3.05, 3.63) is 46.7 Å². The molecule has 3 rings (SSSR count). The number of halogens is 2. The van der Waals surface area contributed by atoms with Crippen molar-refractivity contribution in [1.29, 1.82) is 0 Å². The molecule has 116 valence electrons. The zero-order valence-corrected chi connectivity index (χ0v) is 14.7. The minimum atomic E-state index is 0. The topological polar surface area (TPSA) is 51.0 Å². The predicted octanol–water partition coefficient (Wildman–Crippen LogP) is 4.22. The number of likely N-dealkylation sites (N-methyl/N-ethyl adjacent to an activating group) is 1. The summed E-state index contributed by atoms with van der Waals surface area (Å²) in [5.41, 5.74) is 0.954. The molecule has 0 radical (unpaired) electrons. The standard InChI is InChI=1S/C16H16BrN3O.ClH/c1-10(18-2)7-15-19-16(21-20-15)14-9-12(17)8-11-5-3-4-6-13(11)14;/h3-6,8-10,18H,7H2,1-2H3;1H. The van der Waals surface area contributed by atoms with E-state index in [2.05, 4.69) is 56.5 Å². The molecule has 1 aromatic heterocycles. The van der Waals surface area contributed by atoms with E-state index >= 15 is 0 Å². The maximum atomic E-state index is 5.45. The summed E-state index contributed by atoms with van der Waals surface area (Å²) in [5.74, 6) is 1.28. The SMILES string of the molecule is CNC(C)Cc1noc(-c2cc(Br)cc3ccccc23)n1.Cl. The second-order valence-corrected chi connectivity index (χ2v) is 6.00. The monoisotopic (exact) mass is 381 g/mol. The molecule has 1 N–H and O–H groups in total. The van der Waals surface area contributed by atoms with Gasteiger partial charge in [-0.25, -0.2) is 0 Å². The lowest BCUT2D eigenvalue weighted by Gasteiger charge is -2.05. The Hall–Kier alpha value is -1.43. The summed E-state index contributed by atoms with van der Waals surface area (Å²) >= 11 is 3.54. The summed E-state index contributed by atoms with van der Waals surface area (Å²) in [6.07, 6.45) is 0.742. The molecule has 0 aliphatic rings. The fourth-order valence-electron chi connectivity index (χ4n) is 2.27. The van der Waals surface area contributed by atoms with Gasteiger partial charge in [-0.15, -0.1) is 12.4 Å². The lowest BCUT2D eigenvalue weighted by atomic mass is 10.0. The second kappa shape index (κ2) is 7.22. The van der Waals surface area contributed by atoms with Gasteiger partial charge in [-0.1, -0.05) is 45.4 Å². The minimum absolute atomic E-state index is 0. The van der Waals surface area contributed by atoms with Crippen LogP contribution in [0.5, 0.6) is 0 Å². The van der Waals surface area contributed by atoms with Gasteiger partial charge in [0.2, 0.25) is 0 Å². The van der Waals surface area contributed by atoms with Gasteiger partial charge >= 0.3 is 0 Å². The highest BCUT2D eigenvalue weighted by molar-refractivity contribution is 9.10. The van der Waals surface area contributed by atoms with Crippen molar-refractivity contribution in [1.82, 2.24) is 15.5 Å². The molecular formula is C16H17BrClN3O. The van der Waals surface area contributed by atoms with E-state index in [1.54, 1.807) is 0 Å². The molecule has 0 amide bonds. The molecule has 6 heteroatoms. The summed E-state index contributed by atoms with van der Waals surface area (Å²) in [7, 11) is 1.92. The molecule has 4 nitrogen and oxygen atoms in total. The van der Waals surface area contributed by atoms with Crippen molar-refractivity contribution in [3.8, 4) is 11.5 Å². The maximum absolute atomic E-state index is 5.45. The van der Waals surface area contributed by atoms with E-state index in [0.29, 0.717) is 11.9 Å². The van der Waals surface area contributed by atoms with Gasteiger partial charge in [-0.05, 0) is 36.9 Å². The van der Waals surface area contributed by atoms with Crippen molar-refractivity contribution < 1.29 is 4.52 Å². The van der Waals surface area contributed by atoms with Gasteiger partial charge in [-0.3, -0.25) is 0 Å². The van der Waals surface area contributed by atoms with Gasteiger partial charge in [0.1, 0.15) is 0 Å². The molecule has 2 aromatic carbocycles. The van der Waals surface area contributed by atoms with Crippen LogP contribution < -0.4 is 5.32 Å². The van der Waals surface area contributed by atoms with Gasteiger partial charge in [0, 0.05) is 22.5 Å². The zero-order chi connectivity index (χ0) is 14.8. The summed E-state index contributed by atoms with van der Waals surface area (Å²) in [6.45, 7) is 2.09. The average molecular weight is 383 g/mol. The lowest BCUT2D eigenvalue weighted by Crippen LogP contribution is -2.24. The first-order valence-corrected chi connectivity index (χ1v) is 7.65. The summed E-state index contributed by atoms with van der Waals surface area (Å²) in [4.78, 5) is 4.52. The van der Waals surface area contributed by atoms with Crippen molar-refractivity contribution >= 4 is 39.1 Å². The molecular weight excluding hydrogens is 366 g/mol. The first kappa shape index (κ1) is 16.9. The van der Waals surface area contributed by atoms with Crippen LogP contribution in [0.2, 0.25) is 0 Å². The number of hydrogen-bond acceptors (Lipinski definition) is 4. The summed E-state index contributed by atoms with van der Waals surface area (Å²) in [5, 5.41) is 9.50. The predicted molar refractivity (Wildman–Crippen MR) is 94.4 cm³/mol. The van der Waals surface area contributed by atoms with Crippen LogP contribution in [0.3, 0.4) is 0 Å². The van der Waals surface area contributed by atoms with Gasteiger partial charge in [0.15, 0.2) is 5.82 Å². The second-order valence-electron chi connectivity index (χ2n) is 5.08. The summed E-state index contributed by atoms with van der Waals surface area (Å²) < 4.78 is 6.45. The van der Waals surface area contributed by atoms with Gasteiger partial charge < -0.3 is 9.84 Å². The van der Waals surface area contributed by atoms with Crippen LogP contribution in [-0.2, 0) is 6.42 Å². The van der Waals surface area contributed by atoms with Gasteiger partial charge in [-0.2, -0.15) is 4.98 Å². The highest BCUT2D eigenvalue weighted by atomic mass is 79.9. The fourth-order valence-corrected chi connectivity index (χ4v) is 2.75. The molecule has 22 heavy (non-hydrogen) atoms. The van der Waals surface area contributed by atoms with Crippen LogP contribution in [-0.4, -0.2) is 23.2 Å². The Kier molecular flexibility index (Phi) is 5.56. The van der Waals surface area contributed by atoms with Crippen molar-refractivity contribution in [2.24, 2.45) is 0 Å². The molecule has 0 saturated carbocycles. The summed E-state index contributed by atoms with van der Waals surface area (Å²) in [6, 6.07) is 12.6. The number of nitrogens with one attached hydrogen (secondary N) is 1. The van der Waals surface area contributed by atoms with Crippen LogP contribution in [0.15, 0.2) is 45.4 Å². The van der Waals surface area contributed by atoms with Crippen LogP contribution in [0.4, 0.5) is 0 Å². The van der Waals surface area contributed by atoms with E-state index < -0.39 is 0 Å². The number of fused-ring (bicyclic) bond motifs is 1. The van der Waals surface area contributed by atoms with E-state index in [1.165, 1.54) is 0 Å². The lowest BCUT2D eigenvalue weighted by molar-refractivity contribution is 0.418. The third-order valence-electron chi connectivity index (χ3n) is 3.51. The Labute approximate surface area is 143 Å². The normalized spacial score (nSPS) is 12.1. The van der Waals surface area contributed by atoms with E-state index in [1.807, 2.05) is 25.2 Å². The highest BCUT2D eigenvalue weighted by Gasteiger charge is 2.14. The number of hydrogen-bond donors (Lipinski definition) is 1. The first-order chi connectivity index (χ1) is 10.2. The Morgan fingerprint density at radius 1 is 1.27 bits per heavy atom. The van der Waals surface area contributed by atoms with Crippen LogP contribution in [0, 0.1) is 0 Å². The van der Waals surface area contributed by atoms with Gasteiger partial charge in [0.25, 0.3) is 5.89 Å². The van der Waals surface area contributed by atoms with Crippen LogP contribution in [0.25, 0.3) is 22.2 Å². The number of nitrogens with zero attached hydrogens (tertiary/aromatic N) is 2. The molecule has 0 fully saturated rings. The Bertz CT molecular complexity index is 775. The Balaban J connectivity index is 0.00000176. The van der Waals surface area contributed by atoms with E-state index in [9.17, 15) is 0 Å². The molecule has 0 spiro atoms. The van der Waals surface area contributed by atoms with Crippen molar-refractivity contribution in [3.63, 3.8) is 0 Å². The Morgan fingerprint density at radius 3 is 2.82 bits per heavy atom. The molecule has 0 saturated heterocycles. The molecule has 3 aromatic rings. The average Bonchev–Trinajstić information content (AvgIpc) is 2.94. The van der Waals surface area contributed by atoms with Crippen molar-refractivity contribution in [2.45, 2.75) is 19.4 Å². The van der Waals surface area contributed by atoms with Crippen LogP contribution in [0.1, 0.15) is 12.7 Å². The minimum Gasteiger partial charge on any atom is -0.334 e. The van der Waals surface area contributed by atoms with E-state index in [-0.39, 0.29) is 12.4 Å². The van der Waals surface area contributed by atoms with E-state index in [4.69, 9.17) is 4.52 Å². The highest BCUT2D eigenvalue weighted by Crippen LogP contribution is 2.31. The number of aromatic nitrogens is 2. The quantitative estimate of drug-likeness (QED) is 0.734. The smallest absolute Gasteiger partial charge is 0.258 e. The van der Waals surface area contributed by atoms with Gasteiger partial charge in [0.05, 0.1) is 0 Å². The van der Waals surface area contributed by atoms with Crippen LogP contribution >= 0.6 is 28.3 Å². The third kappa shape index (κ3) is 3.48. The molecule has 0 aliphatic heterocycles. The molecule has 0 aliphatic carbocycles. The zero-order valence-electron chi connectivity index (χ0n) is 12.3. The molecule has 1 unspecified atom stereocenters. The molecule has 1 atom stereocenters. The first-order valence-electron chi connectivity index (χ1n) is 6.86. The maximum Gasteiger partial charge on any atom is 0.258 e. The van der Waals surface area contributed by atoms with E-state index in [0.717, 1.165) is 33.1 Å². The fraction of sp³-hybridized carbons (Fsp3) is 0.250. The largest absolute Gasteiger partial charge is 0.334 e. The Morgan fingerprint density at radius 2 is 2.05 bits per heavy atom. The third-order valence-corrected chi connectivity index (χ3v) is 3.96. The number of benzene rings is 2. The number of rotatable bonds is 4. The van der Waals surface area contributed by atoms with Crippen molar-refractivity contribution in [2.75, 3.05) is 7.05 Å².